The zero-order valence-electron chi connectivity index (χ0n) is 9.60. The van der Waals surface area contributed by atoms with Gasteiger partial charge in [-0.3, -0.25) is 4.79 Å². The lowest BCUT2D eigenvalue weighted by Crippen LogP contribution is -2.33. The summed E-state index contributed by atoms with van der Waals surface area (Å²) in [5, 5.41) is 11.7. The predicted octanol–water partition coefficient (Wildman–Crippen LogP) is 0.578. The van der Waals surface area contributed by atoms with E-state index in [2.05, 4.69) is 10.3 Å². The summed E-state index contributed by atoms with van der Waals surface area (Å²) in [6.07, 6.45) is 1.54. The quantitative estimate of drug-likeness (QED) is 0.766. The van der Waals surface area contributed by atoms with Gasteiger partial charge in [-0.05, 0) is 19.1 Å². The minimum Gasteiger partial charge on any atom is -0.395 e. The van der Waals surface area contributed by atoms with E-state index in [1.807, 2.05) is 6.92 Å². The van der Waals surface area contributed by atoms with Crippen LogP contribution in [-0.2, 0) is 0 Å². The number of pyridine rings is 1. The topological polar surface area (TPSA) is 65.5 Å². The van der Waals surface area contributed by atoms with E-state index in [-0.39, 0.29) is 12.5 Å². The molecule has 1 aromatic rings. The number of hydrogen-bond donors (Lipinski definition) is 2. The van der Waals surface area contributed by atoms with Crippen LogP contribution in [0.25, 0.3) is 0 Å². The van der Waals surface area contributed by atoms with Gasteiger partial charge in [0.2, 0.25) is 0 Å². The predicted molar refractivity (Wildman–Crippen MR) is 62.4 cm³/mol. The number of nitrogens with zero attached hydrogens (tertiary/aromatic N) is 2. The summed E-state index contributed by atoms with van der Waals surface area (Å²) < 4.78 is 0. The molecule has 1 aromatic heterocycles. The zero-order chi connectivity index (χ0) is 12.0. The van der Waals surface area contributed by atoms with Gasteiger partial charge in [0.1, 0.15) is 5.82 Å². The molecule has 0 radical (unpaired) electrons. The van der Waals surface area contributed by atoms with Crippen molar-refractivity contribution < 1.29 is 9.90 Å². The van der Waals surface area contributed by atoms with E-state index in [0.29, 0.717) is 18.7 Å². The van der Waals surface area contributed by atoms with Crippen molar-refractivity contribution in [1.29, 1.82) is 0 Å². The molecule has 2 N–H and O–H groups in total. The summed E-state index contributed by atoms with van der Waals surface area (Å²) in [5.41, 5.74) is 0.536. The van der Waals surface area contributed by atoms with Gasteiger partial charge in [0.05, 0.1) is 12.2 Å². The van der Waals surface area contributed by atoms with Crippen LogP contribution in [0.15, 0.2) is 18.3 Å². The molecule has 5 nitrogen and oxygen atoms in total. The average Bonchev–Trinajstić information content (AvgIpc) is 2.35. The van der Waals surface area contributed by atoms with E-state index in [1.165, 1.54) is 6.20 Å². The van der Waals surface area contributed by atoms with Crippen molar-refractivity contribution in [3.8, 4) is 0 Å². The third-order valence-electron chi connectivity index (χ3n) is 2.31. The monoisotopic (exact) mass is 223 g/mol. The first-order chi connectivity index (χ1) is 7.72. The Morgan fingerprint density at radius 2 is 2.31 bits per heavy atom. The van der Waals surface area contributed by atoms with Gasteiger partial charge < -0.3 is 15.3 Å². The van der Waals surface area contributed by atoms with E-state index in [1.54, 1.807) is 24.1 Å². The largest absolute Gasteiger partial charge is 0.395 e. The number of carbonyl (C=O) groups is 1. The Hall–Kier alpha value is -1.62. The normalized spacial score (nSPS) is 9.94. The molecule has 1 heterocycles. The number of rotatable bonds is 5. The number of aliphatic hydroxyl groups excluding tert-OH is 1. The molecule has 88 valence electrons. The lowest BCUT2D eigenvalue weighted by Gasteiger charge is -2.19. The van der Waals surface area contributed by atoms with Gasteiger partial charge in [0.15, 0.2) is 0 Å². The first kappa shape index (κ1) is 12.4. The fraction of sp³-hybridized carbons (Fsp3) is 0.455. The van der Waals surface area contributed by atoms with Gasteiger partial charge in [-0.25, -0.2) is 4.98 Å². The van der Waals surface area contributed by atoms with Crippen molar-refractivity contribution in [2.24, 2.45) is 0 Å². The summed E-state index contributed by atoms with van der Waals surface area (Å²) in [7, 11) is 1.77. The summed E-state index contributed by atoms with van der Waals surface area (Å²) >= 11 is 0. The van der Waals surface area contributed by atoms with E-state index < -0.39 is 0 Å². The number of likely N-dealkylation sites (N-methyl/N-ethyl adjacent to an activating group) is 1. The number of nitrogens with one attached hydrogen (secondary N) is 1. The molecule has 0 aliphatic carbocycles. The van der Waals surface area contributed by atoms with Crippen molar-refractivity contribution >= 4 is 11.7 Å². The minimum atomic E-state index is -0.105. The average molecular weight is 223 g/mol. The maximum atomic E-state index is 11.9. The third kappa shape index (κ3) is 2.93. The molecule has 0 aliphatic rings. The number of aromatic nitrogens is 1. The van der Waals surface area contributed by atoms with Crippen molar-refractivity contribution in [2.45, 2.75) is 6.92 Å². The van der Waals surface area contributed by atoms with Crippen LogP contribution in [0.2, 0.25) is 0 Å². The zero-order valence-corrected chi connectivity index (χ0v) is 9.60. The second-order valence-corrected chi connectivity index (χ2v) is 3.29. The Bertz CT molecular complexity index is 338. The highest BCUT2D eigenvalue weighted by molar-refractivity contribution is 5.94. The first-order valence-electron chi connectivity index (χ1n) is 5.26. The number of aliphatic hydroxyl groups is 1. The van der Waals surface area contributed by atoms with Crippen molar-refractivity contribution in [2.75, 3.05) is 32.1 Å². The minimum absolute atomic E-state index is 0.0262. The molecule has 0 spiro atoms. The van der Waals surface area contributed by atoms with Crippen LogP contribution in [0.3, 0.4) is 0 Å². The molecule has 0 aliphatic heterocycles. The van der Waals surface area contributed by atoms with E-state index in [4.69, 9.17) is 5.11 Å². The number of anilines is 1. The van der Waals surface area contributed by atoms with Crippen molar-refractivity contribution in [1.82, 2.24) is 9.88 Å². The summed E-state index contributed by atoms with van der Waals surface area (Å²) in [4.78, 5) is 17.6. The molecule has 0 saturated carbocycles. The maximum absolute atomic E-state index is 11.9. The molecule has 5 heteroatoms. The molecule has 1 amide bonds. The molecule has 0 unspecified atom stereocenters. The molecule has 0 bridgehead atoms. The highest BCUT2D eigenvalue weighted by atomic mass is 16.3. The van der Waals surface area contributed by atoms with Crippen LogP contribution in [0.4, 0.5) is 5.82 Å². The lowest BCUT2D eigenvalue weighted by molar-refractivity contribution is 0.0731. The Kier molecular flexibility index (Phi) is 4.72. The maximum Gasteiger partial charge on any atom is 0.255 e. The summed E-state index contributed by atoms with van der Waals surface area (Å²) in [6.45, 7) is 2.78. The van der Waals surface area contributed by atoms with E-state index in [0.717, 1.165) is 5.82 Å². The van der Waals surface area contributed by atoms with Crippen LogP contribution >= 0.6 is 0 Å². The summed E-state index contributed by atoms with van der Waals surface area (Å²) in [5.74, 6) is 0.619. The molecule has 0 fully saturated rings. The van der Waals surface area contributed by atoms with Crippen LogP contribution in [0.1, 0.15) is 17.3 Å². The van der Waals surface area contributed by atoms with Gasteiger partial charge >= 0.3 is 0 Å². The van der Waals surface area contributed by atoms with Gasteiger partial charge in [-0.1, -0.05) is 0 Å². The Morgan fingerprint density at radius 1 is 1.56 bits per heavy atom. The highest BCUT2D eigenvalue weighted by Gasteiger charge is 2.13. The Balaban J connectivity index is 2.78. The lowest BCUT2D eigenvalue weighted by atomic mass is 10.2. The molecule has 16 heavy (non-hydrogen) atoms. The summed E-state index contributed by atoms with van der Waals surface area (Å²) in [6, 6.07) is 3.47. The third-order valence-corrected chi connectivity index (χ3v) is 2.31. The van der Waals surface area contributed by atoms with Crippen LogP contribution in [-0.4, -0.2) is 47.6 Å². The Morgan fingerprint density at radius 3 is 2.75 bits per heavy atom. The first-order valence-corrected chi connectivity index (χ1v) is 5.26. The highest BCUT2D eigenvalue weighted by Crippen LogP contribution is 2.07. The second kappa shape index (κ2) is 6.07. The second-order valence-electron chi connectivity index (χ2n) is 3.29. The van der Waals surface area contributed by atoms with E-state index >= 15 is 0 Å². The van der Waals surface area contributed by atoms with Crippen molar-refractivity contribution in [3.05, 3.63) is 23.9 Å². The molecular weight excluding hydrogens is 206 g/mol. The SMILES string of the molecule is CCN(CCO)C(=O)c1ccc(NC)nc1. The van der Waals surface area contributed by atoms with Gasteiger partial charge in [0, 0.05) is 26.3 Å². The van der Waals surface area contributed by atoms with Crippen LogP contribution in [0.5, 0.6) is 0 Å². The fourth-order valence-electron chi connectivity index (χ4n) is 1.37. The van der Waals surface area contributed by atoms with Crippen LogP contribution in [0, 0.1) is 0 Å². The molecule has 1 rings (SSSR count). The van der Waals surface area contributed by atoms with Crippen molar-refractivity contribution in [3.63, 3.8) is 0 Å². The fourth-order valence-corrected chi connectivity index (χ4v) is 1.37. The van der Waals surface area contributed by atoms with Crippen LogP contribution < -0.4 is 5.32 Å². The number of carbonyl (C=O) groups excluding carboxylic acids is 1. The molecule has 0 saturated heterocycles. The smallest absolute Gasteiger partial charge is 0.255 e. The van der Waals surface area contributed by atoms with Gasteiger partial charge in [-0.2, -0.15) is 0 Å². The molecular formula is C11H17N3O2. The number of hydrogen-bond acceptors (Lipinski definition) is 4. The molecule has 0 aromatic carbocycles. The van der Waals surface area contributed by atoms with Gasteiger partial charge in [-0.15, -0.1) is 0 Å². The van der Waals surface area contributed by atoms with E-state index in [9.17, 15) is 4.79 Å². The Labute approximate surface area is 95.1 Å². The molecule has 0 atom stereocenters. The van der Waals surface area contributed by atoms with Gasteiger partial charge in [0.25, 0.3) is 5.91 Å². The standard InChI is InChI=1S/C11H17N3O2/c1-3-14(6-7-15)11(16)9-4-5-10(12-2)13-8-9/h4-5,8,15H,3,6-7H2,1-2H3,(H,12,13). The number of amides is 1.